The van der Waals surface area contributed by atoms with Gasteiger partial charge in [0.1, 0.15) is 0 Å². The molecule has 1 aromatic rings. The summed E-state index contributed by atoms with van der Waals surface area (Å²) in [5.74, 6) is 0.160. The van der Waals surface area contributed by atoms with Crippen molar-refractivity contribution in [2.75, 3.05) is 0 Å². The van der Waals surface area contributed by atoms with Crippen LogP contribution in [0.4, 0.5) is 0 Å². The van der Waals surface area contributed by atoms with E-state index in [0.717, 1.165) is 6.42 Å². The molecule has 0 spiro atoms. The van der Waals surface area contributed by atoms with Gasteiger partial charge in [-0.3, -0.25) is 4.79 Å². The molecule has 0 amide bonds. The molecule has 1 aromatic heterocycles. The number of hydrogen-bond donors (Lipinski definition) is 0. The van der Waals surface area contributed by atoms with Crippen LogP contribution in [0.5, 0.6) is 0 Å². The molecule has 0 aliphatic heterocycles. The third-order valence-corrected chi connectivity index (χ3v) is 2.99. The Morgan fingerprint density at radius 2 is 2.31 bits per heavy atom. The average Bonchev–Trinajstić information content (AvgIpc) is 2.62. The fourth-order valence-corrected chi connectivity index (χ4v) is 2.02. The van der Waals surface area contributed by atoms with Gasteiger partial charge in [0.25, 0.3) is 0 Å². The van der Waals surface area contributed by atoms with Gasteiger partial charge in [-0.25, -0.2) is 4.98 Å². The van der Waals surface area contributed by atoms with Crippen LogP contribution in [0.3, 0.4) is 0 Å². The van der Waals surface area contributed by atoms with Crippen LogP contribution in [0.1, 0.15) is 47.8 Å². The number of aryl methyl sites for hydroxylation is 1. The number of ketones is 1. The van der Waals surface area contributed by atoms with E-state index >= 15 is 0 Å². The summed E-state index contributed by atoms with van der Waals surface area (Å²) in [7, 11) is 0. The second-order valence-electron chi connectivity index (χ2n) is 3.01. The summed E-state index contributed by atoms with van der Waals surface area (Å²) in [6, 6.07) is 0. The van der Waals surface area contributed by atoms with Crippen LogP contribution in [-0.2, 0) is 6.42 Å². The van der Waals surface area contributed by atoms with E-state index in [0.29, 0.717) is 11.4 Å². The first-order chi connectivity index (χ1) is 6.27. The van der Waals surface area contributed by atoms with E-state index in [-0.39, 0.29) is 5.78 Å². The van der Waals surface area contributed by atoms with Crippen molar-refractivity contribution in [1.82, 2.24) is 4.98 Å². The number of thiazole rings is 1. The quantitative estimate of drug-likeness (QED) is 0.679. The van der Waals surface area contributed by atoms with Gasteiger partial charge >= 0.3 is 0 Å². The Balaban J connectivity index is 2.58. The van der Waals surface area contributed by atoms with Crippen LogP contribution >= 0.6 is 11.3 Å². The summed E-state index contributed by atoms with van der Waals surface area (Å²) in [6.07, 6.45) is 5.83. The summed E-state index contributed by atoms with van der Waals surface area (Å²) < 4.78 is 0. The maximum atomic E-state index is 11.2. The molecule has 13 heavy (non-hydrogen) atoms. The van der Waals surface area contributed by atoms with Crippen molar-refractivity contribution in [1.29, 1.82) is 0 Å². The lowest BCUT2D eigenvalue weighted by Crippen LogP contribution is -1.93. The summed E-state index contributed by atoms with van der Waals surface area (Å²) in [5.41, 5.74) is 0. The highest BCUT2D eigenvalue weighted by atomic mass is 32.1. The summed E-state index contributed by atoms with van der Waals surface area (Å²) >= 11 is 1.54. The van der Waals surface area contributed by atoms with Gasteiger partial charge in [0.2, 0.25) is 0 Å². The molecule has 2 nitrogen and oxygen atoms in total. The number of aromatic nitrogens is 1. The highest BCUT2D eigenvalue weighted by molar-refractivity contribution is 7.13. The standard InChI is InChI=1S/C10H15NOS/c1-3-5-6-8-7-11-10(13-8)9(12)4-2/h7H,3-6H2,1-2H3. The SMILES string of the molecule is CCCCc1cnc(C(=O)CC)s1. The minimum atomic E-state index is 0.160. The minimum Gasteiger partial charge on any atom is -0.292 e. The van der Waals surface area contributed by atoms with E-state index in [4.69, 9.17) is 0 Å². The lowest BCUT2D eigenvalue weighted by molar-refractivity contribution is 0.0988. The van der Waals surface area contributed by atoms with E-state index in [9.17, 15) is 4.79 Å². The topological polar surface area (TPSA) is 30.0 Å². The smallest absolute Gasteiger partial charge is 0.191 e. The number of carbonyl (C=O) groups excluding carboxylic acids is 1. The second-order valence-corrected chi connectivity index (χ2v) is 4.13. The Labute approximate surface area is 83.0 Å². The average molecular weight is 197 g/mol. The van der Waals surface area contributed by atoms with Crippen LogP contribution in [0, 0.1) is 0 Å². The van der Waals surface area contributed by atoms with E-state index in [1.165, 1.54) is 17.7 Å². The normalized spacial score (nSPS) is 10.3. The zero-order valence-corrected chi connectivity index (χ0v) is 8.99. The molecule has 0 aromatic carbocycles. The molecule has 0 atom stereocenters. The molecule has 0 fully saturated rings. The highest BCUT2D eigenvalue weighted by Crippen LogP contribution is 2.16. The van der Waals surface area contributed by atoms with Gasteiger partial charge in [0.15, 0.2) is 10.8 Å². The Hall–Kier alpha value is -0.700. The molecule has 1 rings (SSSR count). The first-order valence-corrected chi connectivity index (χ1v) is 5.57. The van der Waals surface area contributed by atoms with E-state index in [1.807, 2.05) is 13.1 Å². The van der Waals surface area contributed by atoms with Crippen LogP contribution in [0.15, 0.2) is 6.20 Å². The molecule has 0 N–H and O–H groups in total. The van der Waals surface area contributed by atoms with E-state index in [2.05, 4.69) is 11.9 Å². The largest absolute Gasteiger partial charge is 0.292 e. The van der Waals surface area contributed by atoms with Crippen LogP contribution in [-0.4, -0.2) is 10.8 Å². The van der Waals surface area contributed by atoms with E-state index < -0.39 is 0 Å². The Morgan fingerprint density at radius 3 is 2.92 bits per heavy atom. The molecule has 0 aliphatic carbocycles. The molecule has 0 saturated carbocycles. The molecule has 0 radical (unpaired) electrons. The summed E-state index contributed by atoms with van der Waals surface area (Å²) in [5, 5.41) is 0.675. The maximum absolute atomic E-state index is 11.2. The van der Waals surface area contributed by atoms with Crippen molar-refractivity contribution in [2.45, 2.75) is 39.5 Å². The molecule has 1 heterocycles. The number of unbranched alkanes of at least 4 members (excludes halogenated alkanes) is 1. The van der Waals surface area contributed by atoms with Gasteiger partial charge in [-0.1, -0.05) is 20.3 Å². The predicted molar refractivity (Wildman–Crippen MR) is 55.3 cm³/mol. The van der Waals surface area contributed by atoms with Gasteiger partial charge in [-0.05, 0) is 12.8 Å². The van der Waals surface area contributed by atoms with Crippen LogP contribution in [0.2, 0.25) is 0 Å². The summed E-state index contributed by atoms with van der Waals surface area (Å²) in [6.45, 7) is 4.04. The number of nitrogens with zero attached hydrogens (tertiary/aromatic N) is 1. The van der Waals surface area contributed by atoms with Crippen molar-refractivity contribution in [3.05, 3.63) is 16.1 Å². The molecule has 3 heteroatoms. The molecular formula is C10H15NOS. The minimum absolute atomic E-state index is 0.160. The van der Waals surface area contributed by atoms with Gasteiger partial charge in [0.05, 0.1) is 0 Å². The molecule has 0 saturated heterocycles. The number of hydrogen-bond acceptors (Lipinski definition) is 3. The Morgan fingerprint density at radius 1 is 1.54 bits per heavy atom. The molecule has 0 bridgehead atoms. The maximum Gasteiger partial charge on any atom is 0.191 e. The lowest BCUT2D eigenvalue weighted by atomic mass is 10.2. The monoisotopic (exact) mass is 197 g/mol. The van der Waals surface area contributed by atoms with Crippen molar-refractivity contribution < 1.29 is 4.79 Å². The highest BCUT2D eigenvalue weighted by Gasteiger charge is 2.07. The number of Topliss-reactive ketones (excluding diaryl/α,β-unsaturated/α-hetero) is 1. The number of carbonyl (C=O) groups is 1. The first-order valence-electron chi connectivity index (χ1n) is 4.75. The Bertz CT molecular complexity index is 280. The molecular weight excluding hydrogens is 182 g/mol. The van der Waals surface area contributed by atoms with Gasteiger partial charge in [-0.15, -0.1) is 11.3 Å². The Kier molecular flexibility index (Phi) is 4.09. The molecule has 0 unspecified atom stereocenters. The third-order valence-electron chi connectivity index (χ3n) is 1.89. The molecule has 72 valence electrons. The van der Waals surface area contributed by atoms with Gasteiger partial charge < -0.3 is 0 Å². The predicted octanol–water partition coefficient (Wildman–Crippen LogP) is 3.08. The van der Waals surface area contributed by atoms with Gasteiger partial charge in [-0.2, -0.15) is 0 Å². The lowest BCUT2D eigenvalue weighted by Gasteiger charge is -1.91. The number of rotatable bonds is 5. The van der Waals surface area contributed by atoms with Gasteiger partial charge in [0, 0.05) is 17.5 Å². The third kappa shape index (κ3) is 2.92. The van der Waals surface area contributed by atoms with E-state index in [1.54, 1.807) is 11.3 Å². The van der Waals surface area contributed by atoms with Crippen molar-refractivity contribution >= 4 is 17.1 Å². The van der Waals surface area contributed by atoms with Crippen molar-refractivity contribution in [3.8, 4) is 0 Å². The van der Waals surface area contributed by atoms with Crippen LogP contribution < -0.4 is 0 Å². The summed E-state index contributed by atoms with van der Waals surface area (Å²) in [4.78, 5) is 16.6. The zero-order valence-electron chi connectivity index (χ0n) is 8.17. The molecule has 0 aliphatic rings. The van der Waals surface area contributed by atoms with Crippen molar-refractivity contribution in [3.63, 3.8) is 0 Å². The first kappa shape index (κ1) is 10.4. The van der Waals surface area contributed by atoms with Crippen LogP contribution in [0.25, 0.3) is 0 Å². The second kappa shape index (κ2) is 5.12. The fourth-order valence-electron chi connectivity index (χ4n) is 1.05. The fraction of sp³-hybridized carbons (Fsp3) is 0.600. The zero-order chi connectivity index (χ0) is 9.68. The van der Waals surface area contributed by atoms with Crippen molar-refractivity contribution in [2.24, 2.45) is 0 Å².